The highest BCUT2D eigenvalue weighted by Crippen LogP contribution is 2.37. The summed E-state index contributed by atoms with van der Waals surface area (Å²) in [7, 11) is 0. The smallest absolute Gasteiger partial charge is 0.387 e. The van der Waals surface area contributed by atoms with Crippen molar-refractivity contribution < 1.29 is 36.9 Å². The van der Waals surface area contributed by atoms with Crippen molar-refractivity contribution in [2.75, 3.05) is 0 Å². The van der Waals surface area contributed by atoms with E-state index in [0.29, 0.717) is 18.8 Å². The summed E-state index contributed by atoms with van der Waals surface area (Å²) in [6, 6.07) is 13.1. The summed E-state index contributed by atoms with van der Waals surface area (Å²) in [5, 5.41) is 9.13. The zero-order valence-corrected chi connectivity index (χ0v) is 16.0. The molecule has 4 rings (SSSR count). The van der Waals surface area contributed by atoms with Gasteiger partial charge < -0.3 is 14.6 Å². The Morgan fingerprint density at radius 1 is 0.733 bits per heavy atom. The highest BCUT2D eigenvalue weighted by Gasteiger charge is 2.28. The van der Waals surface area contributed by atoms with Crippen LogP contribution in [0, 0.1) is 0 Å². The van der Waals surface area contributed by atoms with E-state index in [-0.39, 0.29) is 29.3 Å². The second-order valence-corrected chi connectivity index (χ2v) is 7.36. The number of ether oxygens (including phenoxy) is 2. The number of aliphatic hydroxyl groups is 1. The summed E-state index contributed by atoms with van der Waals surface area (Å²) in [6.45, 7) is -5.57. The zero-order valence-electron chi connectivity index (χ0n) is 16.0. The van der Waals surface area contributed by atoms with Gasteiger partial charge >= 0.3 is 13.2 Å². The van der Waals surface area contributed by atoms with Crippen molar-refractivity contribution in [3.05, 3.63) is 59.7 Å². The van der Waals surface area contributed by atoms with Crippen molar-refractivity contribution in [1.82, 2.24) is 0 Å². The number of alkyl halides is 4. The van der Waals surface area contributed by atoms with Gasteiger partial charge in [0.25, 0.3) is 0 Å². The topological polar surface area (TPSA) is 55.8 Å². The van der Waals surface area contributed by atoms with Gasteiger partial charge in [-0.3, -0.25) is 4.79 Å². The molecule has 2 saturated carbocycles. The molecule has 0 spiro atoms. The molecule has 0 aliphatic heterocycles. The van der Waals surface area contributed by atoms with Crippen LogP contribution in [0.2, 0.25) is 0 Å². The summed E-state index contributed by atoms with van der Waals surface area (Å²) < 4.78 is 55.8. The first-order chi connectivity index (χ1) is 14.3. The third-order valence-corrected chi connectivity index (χ3v) is 5.21. The fourth-order valence-corrected chi connectivity index (χ4v) is 3.43. The van der Waals surface area contributed by atoms with Gasteiger partial charge in [0.05, 0.1) is 6.10 Å². The molecular weight excluding hydrogens is 404 g/mol. The van der Waals surface area contributed by atoms with E-state index >= 15 is 0 Å². The molecule has 2 aliphatic rings. The summed E-state index contributed by atoms with van der Waals surface area (Å²) in [4.78, 5) is 10.8. The number of rotatable bonds is 6. The van der Waals surface area contributed by atoms with E-state index in [1.54, 1.807) is 24.3 Å². The van der Waals surface area contributed by atoms with Crippen LogP contribution in [-0.2, 0) is 4.79 Å². The van der Waals surface area contributed by atoms with Gasteiger partial charge in [-0.2, -0.15) is 17.6 Å². The average Bonchev–Trinajstić information content (AvgIpc) is 2.64. The first kappa shape index (κ1) is 22.1. The Labute approximate surface area is 171 Å². The largest absolute Gasteiger partial charge is 0.435 e. The lowest BCUT2D eigenvalue weighted by Crippen LogP contribution is -2.26. The van der Waals surface area contributed by atoms with Crippen LogP contribution in [0.25, 0.3) is 0 Å². The number of Topliss-reactive ketones (excluding diaryl/α,β-unsaturated/α-hetero) is 1. The fourth-order valence-electron chi connectivity index (χ4n) is 3.43. The molecule has 0 radical (unpaired) electrons. The Bertz CT molecular complexity index is 810. The van der Waals surface area contributed by atoms with Crippen molar-refractivity contribution in [2.45, 2.75) is 56.8 Å². The van der Waals surface area contributed by atoms with Crippen molar-refractivity contribution >= 4 is 5.78 Å². The maximum atomic E-state index is 11.9. The van der Waals surface area contributed by atoms with Crippen LogP contribution < -0.4 is 9.47 Å². The second kappa shape index (κ2) is 9.93. The third kappa shape index (κ3) is 6.19. The minimum atomic E-state index is -2.79. The van der Waals surface area contributed by atoms with Gasteiger partial charge in [-0.15, -0.1) is 0 Å². The molecule has 2 fully saturated rings. The maximum absolute atomic E-state index is 11.9. The Hall–Kier alpha value is -2.61. The van der Waals surface area contributed by atoms with Crippen LogP contribution in [-0.4, -0.2) is 30.2 Å². The molecule has 30 heavy (non-hydrogen) atoms. The van der Waals surface area contributed by atoms with Gasteiger partial charge in [0.15, 0.2) is 0 Å². The maximum Gasteiger partial charge on any atom is 0.387 e. The van der Waals surface area contributed by atoms with Crippen LogP contribution in [0.5, 0.6) is 11.5 Å². The fraction of sp³-hybridized carbons (Fsp3) is 0.409. The van der Waals surface area contributed by atoms with E-state index in [2.05, 4.69) is 9.47 Å². The van der Waals surface area contributed by atoms with Crippen molar-refractivity contribution in [3.8, 4) is 11.5 Å². The lowest BCUT2D eigenvalue weighted by Gasteiger charge is -2.31. The standard InChI is InChI=1S/C11H12F2O2.C11H10F2O2/c2*12-11(13)15-10-3-1-7(2-4-10)8-5-9(14)6-8/h1-4,8-9,11,14H,5-6H2;1-4,8,11H,5-6H2. The molecule has 2 aromatic rings. The molecule has 0 aromatic heterocycles. The molecule has 1 N–H and O–H groups in total. The van der Waals surface area contributed by atoms with E-state index in [9.17, 15) is 22.4 Å². The van der Waals surface area contributed by atoms with Crippen LogP contribution in [0.15, 0.2) is 48.5 Å². The van der Waals surface area contributed by atoms with Gasteiger partial charge in [0.2, 0.25) is 0 Å². The highest BCUT2D eigenvalue weighted by atomic mass is 19.3. The number of carbonyl (C=O) groups excluding carboxylic acids is 1. The number of benzene rings is 2. The van der Waals surface area contributed by atoms with E-state index in [4.69, 9.17) is 5.11 Å². The van der Waals surface area contributed by atoms with E-state index < -0.39 is 13.2 Å². The number of ketones is 1. The van der Waals surface area contributed by atoms with Gasteiger partial charge in [0.1, 0.15) is 17.3 Å². The lowest BCUT2D eigenvalue weighted by atomic mass is 9.78. The Balaban J connectivity index is 0.000000171. The summed E-state index contributed by atoms with van der Waals surface area (Å²) in [6.07, 6.45) is 2.45. The predicted octanol–water partition coefficient (Wildman–Crippen LogP) is 5.26. The predicted molar refractivity (Wildman–Crippen MR) is 101 cm³/mol. The Kier molecular flexibility index (Phi) is 7.31. The quantitative estimate of drug-likeness (QED) is 0.640. The average molecular weight is 426 g/mol. The molecule has 4 nitrogen and oxygen atoms in total. The van der Waals surface area contributed by atoms with Crippen molar-refractivity contribution in [3.63, 3.8) is 0 Å². The first-order valence-corrected chi connectivity index (χ1v) is 9.59. The Morgan fingerprint density at radius 3 is 1.47 bits per heavy atom. The Morgan fingerprint density at radius 2 is 1.13 bits per heavy atom. The monoisotopic (exact) mass is 426 g/mol. The molecule has 0 bridgehead atoms. The molecule has 2 aromatic carbocycles. The minimum Gasteiger partial charge on any atom is -0.435 e. The highest BCUT2D eigenvalue weighted by molar-refractivity contribution is 5.86. The second-order valence-electron chi connectivity index (χ2n) is 7.36. The van der Waals surface area contributed by atoms with Gasteiger partial charge in [0, 0.05) is 12.8 Å². The molecule has 0 saturated heterocycles. The lowest BCUT2D eigenvalue weighted by molar-refractivity contribution is -0.124. The molecule has 8 heteroatoms. The SMILES string of the molecule is O=C1CC(c2ccc(OC(F)F)cc2)C1.OC1CC(c2ccc(OC(F)F)cc2)C1. The van der Waals surface area contributed by atoms with Gasteiger partial charge in [-0.25, -0.2) is 0 Å². The first-order valence-electron chi connectivity index (χ1n) is 9.59. The number of hydrogen-bond acceptors (Lipinski definition) is 4. The van der Waals surface area contributed by atoms with Crippen LogP contribution in [0.1, 0.15) is 48.6 Å². The van der Waals surface area contributed by atoms with Crippen LogP contribution >= 0.6 is 0 Å². The number of halogens is 4. The molecule has 0 amide bonds. The molecule has 0 heterocycles. The summed E-state index contributed by atoms with van der Waals surface area (Å²) in [5.41, 5.74) is 2.08. The van der Waals surface area contributed by atoms with Crippen molar-refractivity contribution in [2.24, 2.45) is 0 Å². The molecular formula is C22H22F4O4. The normalized spacial score (nSPS) is 20.8. The van der Waals surface area contributed by atoms with Gasteiger partial charge in [-0.05, 0) is 60.1 Å². The van der Waals surface area contributed by atoms with Gasteiger partial charge in [-0.1, -0.05) is 24.3 Å². The van der Waals surface area contributed by atoms with Crippen molar-refractivity contribution in [1.29, 1.82) is 0 Å². The van der Waals surface area contributed by atoms with E-state index in [0.717, 1.165) is 24.0 Å². The molecule has 162 valence electrons. The number of aliphatic hydroxyl groups excluding tert-OH is 1. The summed E-state index contributed by atoms with van der Waals surface area (Å²) in [5.74, 6) is 1.21. The molecule has 0 unspecified atom stereocenters. The molecule has 0 atom stereocenters. The minimum absolute atomic E-state index is 0.152. The van der Waals surface area contributed by atoms with E-state index in [1.165, 1.54) is 24.3 Å². The zero-order chi connectivity index (χ0) is 21.7. The van der Waals surface area contributed by atoms with Crippen LogP contribution in [0.4, 0.5) is 17.6 Å². The van der Waals surface area contributed by atoms with E-state index in [1.807, 2.05) is 0 Å². The third-order valence-electron chi connectivity index (χ3n) is 5.21. The van der Waals surface area contributed by atoms with Crippen LogP contribution in [0.3, 0.4) is 0 Å². The molecule has 2 aliphatic carbocycles. The number of hydrogen-bond donors (Lipinski definition) is 1. The number of carbonyl (C=O) groups is 1. The summed E-state index contributed by atoms with van der Waals surface area (Å²) >= 11 is 0.